The van der Waals surface area contributed by atoms with Gasteiger partial charge in [-0.3, -0.25) is 0 Å². The van der Waals surface area contributed by atoms with E-state index in [2.05, 4.69) is 80.3 Å². The smallest absolute Gasteiger partial charge is 0.237 e. The average molecular weight is 310 g/mol. The Morgan fingerprint density at radius 1 is 1.09 bits per heavy atom. The van der Waals surface area contributed by atoms with Crippen LogP contribution in [-0.4, -0.2) is 22.3 Å². The van der Waals surface area contributed by atoms with E-state index in [4.69, 9.17) is 0 Å². The van der Waals surface area contributed by atoms with Crippen LogP contribution in [0, 0.1) is 0 Å². The lowest BCUT2D eigenvalue weighted by Crippen LogP contribution is -2.46. The van der Waals surface area contributed by atoms with Gasteiger partial charge in [0, 0.05) is 30.7 Å². The van der Waals surface area contributed by atoms with Crippen LogP contribution in [0.5, 0.6) is 0 Å². The summed E-state index contributed by atoms with van der Waals surface area (Å²) in [4.78, 5) is 13.2. The predicted molar refractivity (Wildman–Crippen MR) is 89.1 cm³/mol. The lowest BCUT2D eigenvalue weighted by Gasteiger charge is -2.23. The topological polar surface area (TPSA) is 60.2 Å². The molecule has 2 N–H and O–H groups in total. The average Bonchev–Trinajstić information content (AvgIpc) is 3.10. The number of hydrogen-bond acceptors (Lipinski definition) is 6. The number of nitrogens with one attached hydrogen (secondary N) is 2. The van der Waals surface area contributed by atoms with Crippen LogP contribution in [0.1, 0.15) is 13.8 Å². The number of anilines is 4. The first-order valence-electron chi connectivity index (χ1n) is 7.73. The molecule has 118 valence electrons. The van der Waals surface area contributed by atoms with Crippen molar-refractivity contribution in [3.05, 3.63) is 43.0 Å². The van der Waals surface area contributed by atoms with Crippen molar-refractivity contribution in [1.29, 1.82) is 0 Å². The van der Waals surface area contributed by atoms with Gasteiger partial charge in [-0.05, 0) is 19.9 Å². The van der Waals surface area contributed by atoms with E-state index in [1.807, 2.05) is 6.20 Å². The number of hydrogen-bond donors (Lipinski definition) is 2. The van der Waals surface area contributed by atoms with Gasteiger partial charge in [0.05, 0.1) is 13.2 Å². The lowest BCUT2D eigenvalue weighted by molar-refractivity contribution is -0.645. The Balaban J connectivity index is 1.80. The van der Waals surface area contributed by atoms with Gasteiger partial charge in [0.1, 0.15) is 6.17 Å². The van der Waals surface area contributed by atoms with Crippen molar-refractivity contribution in [2.75, 3.05) is 15.1 Å². The molecule has 4 heterocycles. The van der Waals surface area contributed by atoms with Crippen molar-refractivity contribution in [1.82, 2.24) is 15.3 Å². The van der Waals surface area contributed by atoms with Gasteiger partial charge in [-0.1, -0.05) is 0 Å². The third kappa shape index (κ3) is 2.08. The zero-order valence-electron chi connectivity index (χ0n) is 13.4. The molecule has 0 spiro atoms. The Morgan fingerprint density at radius 2 is 1.87 bits per heavy atom. The van der Waals surface area contributed by atoms with Crippen molar-refractivity contribution in [2.45, 2.75) is 26.2 Å². The standard InChI is InChI=1S/C16H20N7/c1-11-17-9-10-22(11)13-5-4-6-14(21(13)3)23-12(2)20-15-16(23)19-8-7-18-15/h4-12,17H,1-3H3,(H,18,20)/q+1/t11?,12-/m1/s1. The zero-order valence-corrected chi connectivity index (χ0v) is 13.4. The van der Waals surface area contributed by atoms with E-state index < -0.39 is 0 Å². The van der Waals surface area contributed by atoms with Gasteiger partial charge < -0.3 is 10.6 Å². The van der Waals surface area contributed by atoms with Crippen molar-refractivity contribution < 1.29 is 4.57 Å². The minimum absolute atomic E-state index is 0.0959. The molecule has 0 bridgehead atoms. The molecule has 2 aliphatic rings. The van der Waals surface area contributed by atoms with E-state index in [9.17, 15) is 0 Å². The van der Waals surface area contributed by atoms with Gasteiger partial charge in [0.25, 0.3) is 0 Å². The van der Waals surface area contributed by atoms with Crippen LogP contribution >= 0.6 is 0 Å². The van der Waals surface area contributed by atoms with Crippen LogP contribution in [0.15, 0.2) is 43.0 Å². The Labute approximate surface area is 135 Å². The molecule has 0 amide bonds. The molecular formula is C16H20N7+. The minimum atomic E-state index is 0.0959. The zero-order chi connectivity index (χ0) is 16.0. The predicted octanol–water partition coefficient (Wildman–Crippen LogP) is 1.44. The van der Waals surface area contributed by atoms with Crippen LogP contribution in [0.4, 0.5) is 23.3 Å². The third-order valence-electron chi connectivity index (χ3n) is 4.32. The summed E-state index contributed by atoms with van der Waals surface area (Å²) in [6, 6.07) is 6.29. The van der Waals surface area contributed by atoms with Crippen LogP contribution in [0.3, 0.4) is 0 Å². The van der Waals surface area contributed by atoms with Gasteiger partial charge in [0.2, 0.25) is 17.5 Å². The Morgan fingerprint density at radius 3 is 2.65 bits per heavy atom. The minimum Gasteiger partial charge on any atom is -0.357 e. The highest BCUT2D eigenvalue weighted by molar-refractivity contribution is 5.73. The number of nitrogens with zero attached hydrogens (tertiary/aromatic N) is 5. The van der Waals surface area contributed by atoms with Crippen molar-refractivity contribution in [3.8, 4) is 0 Å². The SMILES string of the molecule is CC1NC=CN1c1cccc(N2c3nccnc3N[C@H]2C)[n+]1C. The molecule has 0 aromatic carbocycles. The molecule has 2 aliphatic heterocycles. The summed E-state index contributed by atoms with van der Waals surface area (Å²) in [5.41, 5.74) is 0. The lowest BCUT2D eigenvalue weighted by atomic mass is 10.3. The molecule has 2 atom stereocenters. The van der Waals surface area contributed by atoms with Gasteiger partial charge >= 0.3 is 0 Å². The van der Waals surface area contributed by atoms with E-state index in [-0.39, 0.29) is 12.3 Å². The van der Waals surface area contributed by atoms with Gasteiger partial charge in [-0.25, -0.2) is 24.3 Å². The van der Waals surface area contributed by atoms with E-state index in [1.54, 1.807) is 12.4 Å². The van der Waals surface area contributed by atoms with E-state index in [1.165, 1.54) is 0 Å². The van der Waals surface area contributed by atoms with Crippen LogP contribution < -0.4 is 25.0 Å². The maximum absolute atomic E-state index is 4.50. The molecular weight excluding hydrogens is 290 g/mol. The summed E-state index contributed by atoms with van der Waals surface area (Å²) in [6.07, 6.45) is 7.79. The van der Waals surface area contributed by atoms with E-state index >= 15 is 0 Å². The summed E-state index contributed by atoms with van der Waals surface area (Å²) in [6.45, 7) is 4.24. The van der Waals surface area contributed by atoms with Gasteiger partial charge in [-0.2, -0.15) is 0 Å². The quantitative estimate of drug-likeness (QED) is 0.819. The fraction of sp³-hybridized carbons (Fsp3) is 0.312. The molecule has 0 aliphatic carbocycles. The second kappa shape index (κ2) is 5.12. The van der Waals surface area contributed by atoms with Gasteiger partial charge in [-0.15, -0.1) is 0 Å². The van der Waals surface area contributed by atoms with Crippen molar-refractivity contribution >= 4 is 23.3 Å². The molecule has 0 saturated carbocycles. The van der Waals surface area contributed by atoms with E-state index in [0.717, 1.165) is 23.3 Å². The normalized spacial score (nSPS) is 22.0. The first-order chi connectivity index (χ1) is 11.2. The van der Waals surface area contributed by atoms with E-state index in [0.29, 0.717) is 0 Å². The van der Waals surface area contributed by atoms with Gasteiger partial charge in [0.15, 0.2) is 12.0 Å². The largest absolute Gasteiger partial charge is 0.357 e. The van der Waals surface area contributed by atoms with Crippen LogP contribution in [0.25, 0.3) is 0 Å². The highest BCUT2D eigenvalue weighted by Gasteiger charge is 2.36. The number of fused-ring (bicyclic) bond motifs is 1. The first kappa shape index (κ1) is 13.8. The maximum atomic E-state index is 4.50. The van der Waals surface area contributed by atoms with Crippen molar-refractivity contribution in [2.24, 2.45) is 7.05 Å². The Bertz CT molecular complexity index is 773. The Kier molecular flexibility index (Phi) is 3.07. The molecule has 7 heteroatoms. The van der Waals surface area contributed by atoms with Crippen molar-refractivity contribution in [3.63, 3.8) is 0 Å². The summed E-state index contributed by atoms with van der Waals surface area (Å²) < 4.78 is 2.18. The maximum Gasteiger partial charge on any atom is 0.237 e. The molecule has 7 nitrogen and oxygen atoms in total. The molecule has 0 radical (unpaired) electrons. The first-order valence-corrected chi connectivity index (χ1v) is 7.73. The fourth-order valence-corrected chi connectivity index (χ4v) is 3.17. The second-order valence-electron chi connectivity index (χ2n) is 5.79. The molecule has 0 saturated heterocycles. The molecule has 2 aromatic rings. The number of pyridine rings is 1. The highest BCUT2D eigenvalue weighted by Crippen LogP contribution is 2.35. The summed E-state index contributed by atoms with van der Waals surface area (Å²) in [5.74, 6) is 3.85. The monoisotopic (exact) mass is 310 g/mol. The number of aromatic nitrogens is 3. The third-order valence-corrected chi connectivity index (χ3v) is 4.32. The molecule has 4 rings (SSSR count). The molecule has 1 unspecified atom stereocenters. The second-order valence-corrected chi connectivity index (χ2v) is 5.79. The highest BCUT2D eigenvalue weighted by atomic mass is 15.4. The van der Waals surface area contributed by atoms with Crippen LogP contribution in [0.2, 0.25) is 0 Å². The Hall–Kier alpha value is -2.83. The molecule has 23 heavy (non-hydrogen) atoms. The van der Waals surface area contributed by atoms with Crippen LogP contribution in [-0.2, 0) is 7.05 Å². The molecule has 2 aromatic heterocycles. The molecule has 0 fully saturated rings. The summed E-state index contributed by atoms with van der Waals surface area (Å²) >= 11 is 0. The fourth-order valence-electron chi connectivity index (χ4n) is 3.17. The number of rotatable bonds is 2. The summed E-state index contributed by atoms with van der Waals surface area (Å²) in [5, 5.41) is 6.66. The summed E-state index contributed by atoms with van der Waals surface area (Å²) in [7, 11) is 2.07.